The third-order valence-corrected chi connectivity index (χ3v) is 4.26. The molecule has 0 radical (unpaired) electrons. The van der Waals surface area contributed by atoms with Gasteiger partial charge in [-0.3, -0.25) is 0 Å². The minimum atomic E-state index is 0.323. The molecule has 2 aromatic rings. The van der Waals surface area contributed by atoms with Crippen LogP contribution in [0.1, 0.15) is 22.9 Å². The van der Waals surface area contributed by atoms with Gasteiger partial charge < -0.3 is 4.74 Å². The summed E-state index contributed by atoms with van der Waals surface area (Å²) in [7, 11) is 0. The van der Waals surface area contributed by atoms with Gasteiger partial charge in [-0.15, -0.1) is 0 Å². The fourth-order valence-corrected chi connectivity index (χ4v) is 2.83. The Morgan fingerprint density at radius 1 is 1.00 bits per heavy atom. The third kappa shape index (κ3) is 4.36. The average molecular weight is 384 g/mol. The van der Waals surface area contributed by atoms with Crippen molar-refractivity contribution in [2.45, 2.75) is 18.2 Å². The Kier molecular flexibility index (Phi) is 5.46. The lowest BCUT2D eigenvalue weighted by molar-refractivity contribution is 0.340. The van der Waals surface area contributed by atoms with Crippen LogP contribution in [0.3, 0.4) is 0 Å². The number of hydrogen-bond acceptors (Lipinski definition) is 1. The first-order chi connectivity index (χ1) is 9.19. The molecule has 0 aliphatic rings. The van der Waals surface area contributed by atoms with E-state index < -0.39 is 0 Å². The zero-order valence-electron chi connectivity index (χ0n) is 10.8. The quantitative estimate of drug-likeness (QED) is 0.617. The van der Waals surface area contributed by atoms with Crippen molar-refractivity contribution in [3.63, 3.8) is 0 Å². The molecule has 0 aliphatic heterocycles. The Bertz CT molecular complexity index is 505. The SMILES string of the molecule is CCOc1ccc(C(Br)Cc2ccc(Br)cc2)cc1. The minimum Gasteiger partial charge on any atom is -0.494 e. The molecule has 100 valence electrons. The molecule has 3 heteroatoms. The molecule has 1 nitrogen and oxygen atoms in total. The molecule has 0 N–H and O–H groups in total. The number of halogens is 2. The van der Waals surface area contributed by atoms with Gasteiger partial charge in [0.25, 0.3) is 0 Å². The van der Waals surface area contributed by atoms with E-state index in [1.165, 1.54) is 11.1 Å². The van der Waals surface area contributed by atoms with E-state index in [0.717, 1.165) is 16.6 Å². The van der Waals surface area contributed by atoms with Gasteiger partial charge in [-0.1, -0.05) is 56.1 Å². The van der Waals surface area contributed by atoms with Gasteiger partial charge in [0.15, 0.2) is 0 Å². The van der Waals surface area contributed by atoms with Crippen molar-refractivity contribution >= 4 is 31.9 Å². The zero-order chi connectivity index (χ0) is 13.7. The molecular formula is C16H16Br2O. The van der Waals surface area contributed by atoms with E-state index in [0.29, 0.717) is 11.4 Å². The van der Waals surface area contributed by atoms with Gasteiger partial charge in [-0.25, -0.2) is 0 Å². The number of ether oxygens (including phenoxy) is 1. The largest absolute Gasteiger partial charge is 0.494 e. The predicted molar refractivity (Wildman–Crippen MR) is 87.1 cm³/mol. The first kappa shape index (κ1) is 14.6. The van der Waals surface area contributed by atoms with Crippen molar-refractivity contribution in [3.05, 3.63) is 64.1 Å². The summed E-state index contributed by atoms with van der Waals surface area (Å²) < 4.78 is 6.57. The van der Waals surface area contributed by atoms with E-state index in [2.05, 4.69) is 68.3 Å². The smallest absolute Gasteiger partial charge is 0.119 e. The second-order valence-electron chi connectivity index (χ2n) is 4.30. The summed E-state index contributed by atoms with van der Waals surface area (Å²) >= 11 is 7.21. The van der Waals surface area contributed by atoms with Gasteiger partial charge in [0.2, 0.25) is 0 Å². The van der Waals surface area contributed by atoms with Crippen molar-refractivity contribution in [1.82, 2.24) is 0 Å². The van der Waals surface area contributed by atoms with Gasteiger partial charge in [-0.05, 0) is 48.7 Å². The molecule has 0 spiro atoms. The Hall–Kier alpha value is -0.800. The molecule has 1 atom stereocenters. The monoisotopic (exact) mass is 382 g/mol. The van der Waals surface area contributed by atoms with Crippen LogP contribution in [0.5, 0.6) is 5.75 Å². The molecule has 0 bridgehead atoms. The lowest BCUT2D eigenvalue weighted by atomic mass is 10.0. The molecule has 0 saturated heterocycles. The van der Waals surface area contributed by atoms with Crippen molar-refractivity contribution in [2.75, 3.05) is 6.61 Å². The standard InChI is InChI=1S/C16H16Br2O/c1-2-19-15-9-5-13(6-10-15)16(18)11-12-3-7-14(17)8-4-12/h3-10,16H,2,11H2,1H3. The highest BCUT2D eigenvalue weighted by Crippen LogP contribution is 2.28. The molecule has 0 heterocycles. The van der Waals surface area contributed by atoms with Crippen molar-refractivity contribution in [2.24, 2.45) is 0 Å². The van der Waals surface area contributed by atoms with Crippen LogP contribution in [0.2, 0.25) is 0 Å². The van der Waals surface area contributed by atoms with E-state index in [4.69, 9.17) is 4.74 Å². The summed E-state index contributed by atoms with van der Waals surface area (Å²) in [5.74, 6) is 0.926. The second-order valence-corrected chi connectivity index (χ2v) is 6.32. The molecule has 0 amide bonds. The molecule has 1 unspecified atom stereocenters. The molecule has 2 aromatic carbocycles. The molecular weight excluding hydrogens is 368 g/mol. The van der Waals surface area contributed by atoms with Crippen molar-refractivity contribution < 1.29 is 4.74 Å². The normalized spacial score (nSPS) is 12.2. The second kappa shape index (κ2) is 7.11. The Morgan fingerprint density at radius 3 is 2.21 bits per heavy atom. The maximum absolute atomic E-state index is 5.45. The van der Waals surface area contributed by atoms with Crippen LogP contribution in [0.4, 0.5) is 0 Å². The van der Waals surface area contributed by atoms with Crippen LogP contribution in [-0.4, -0.2) is 6.61 Å². The van der Waals surface area contributed by atoms with Gasteiger partial charge in [0.1, 0.15) is 5.75 Å². The van der Waals surface area contributed by atoms with Crippen molar-refractivity contribution in [1.29, 1.82) is 0 Å². The highest BCUT2D eigenvalue weighted by molar-refractivity contribution is 9.10. The fourth-order valence-electron chi connectivity index (χ4n) is 1.88. The van der Waals surface area contributed by atoms with Crippen LogP contribution < -0.4 is 4.74 Å². The van der Waals surface area contributed by atoms with Gasteiger partial charge >= 0.3 is 0 Å². The number of benzene rings is 2. The van der Waals surface area contributed by atoms with Crippen LogP contribution in [0.15, 0.2) is 53.0 Å². The average Bonchev–Trinajstić information content (AvgIpc) is 2.42. The Balaban J connectivity index is 2.02. The third-order valence-electron chi connectivity index (χ3n) is 2.88. The van der Waals surface area contributed by atoms with Crippen LogP contribution in [0.25, 0.3) is 0 Å². The number of alkyl halides is 1. The zero-order valence-corrected chi connectivity index (χ0v) is 13.9. The maximum atomic E-state index is 5.45. The summed E-state index contributed by atoms with van der Waals surface area (Å²) in [4.78, 5) is 0.323. The lowest BCUT2D eigenvalue weighted by Crippen LogP contribution is -1.96. The fraction of sp³-hybridized carbons (Fsp3) is 0.250. The molecule has 0 saturated carbocycles. The molecule has 0 aliphatic carbocycles. The first-order valence-electron chi connectivity index (χ1n) is 6.30. The highest BCUT2D eigenvalue weighted by atomic mass is 79.9. The molecule has 2 rings (SSSR count). The molecule has 0 aromatic heterocycles. The summed E-state index contributed by atoms with van der Waals surface area (Å²) in [6.07, 6.45) is 0.973. The molecule has 19 heavy (non-hydrogen) atoms. The number of hydrogen-bond donors (Lipinski definition) is 0. The highest BCUT2D eigenvalue weighted by Gasteiger charge is 2.08. The lowest BCUT2D eigenvalue weighted by Gasteiger charge is -2.11. The van der Waals surface area contributed by atoms with E-state index in [1.54, 1.807) is 0 Å². The summed E-state index contributed by atoms with van der Waals surface area (Å²) in [5, 5.41) is 0. The Labute approximate surface area is 131 Å². The van der Waals surface area contributed by atoms with Gasteiger partial charge in [0, 0.05) is 9.30 Å². The molecule has 0 fully saturated rings. The summed E-state index contributed by atoms with van der Waals surface area (Å²) in [6, 6.07) is 16.7. The van der Waals surface area contributed by atoms with E-state index in [9.17, 15) is 0 Å². The topological polar surface area (TPSA) is 9.23 Å². The van der Waals surface area contributed by atoms with Gasteiger partial charge in [0.05, 0.1) is 6.61 Å². The first-order valence-corrected chi connectivity index (χ1v) is 8.01. The van der Waals surface area contributed by atoms with Crippen LogP contribution in [-0.2, 0) is 6.42 Å². The summed E-state index contributed by atoms with van der Waals surface area (Å²) in [5.41, 5.74) is 2.59. The Morgan fingerprint density at radius 2 is 1.63 bits per heavy atom. The van der Waals surface area contributed by atoms with Crippen LogP contribution >= 0.6 is 31.9 Å². The maximum Gasteiger partial charge on any atom is 0.119 e. The van der Waals surface area contributed by atoms with Gasteiger partial charge in [-0.2, -0.15) is 0 Å². The van der Waals surface area contributed by atoms with Crippen molar-refractivity contribution in [3.8, 4) is 5.75 Å². The summed E-state index contributed by atoms with van der Waals surface area (Å²) in [6.45, 7) is 2.70. The van der Waals surface area contributed by atoms with E-state index in [1.807, 2.05) is 19.1 Å². The minimum absolute atomic E-state index is 0.323. The number of rotatable bonds is 5. The van der Waals surface area contributed by atoms with Crippen LogP contribution in [0, 0.1) is 0 Å². The van der Waals surface area contributed by atoms with E-state index >= 15 is 0 Å². The van der Waals surface area contributed by atoms with E-state index in [-0.39, 0.29) is 0 Å². The predicted octanol–water partition coefficient (Wildman–Crippen LogP) is 5.53.